The summed E-state index contributed by atoms with van der Waals surface area (Å²) in [5, 5.41) is 4.59. The van der Waals surface area contributed by atoms with Crippen LogP contribution in [0.2, 0.25) is 0 Å². The summed E-state index contributed by atoms with van der Waals surface area (Å²) in [6.45, 7) is 3.62. The molecule has 0 bridgehead atoms. The minimum Gasteiger partial charge on any atom is -0.496 e. The molecule has 0 spiro atoms. The molecule has 2 aliphatic rings. The number of nitrogens with zero attached hydrogens (tertiary/aromatic N) is 2. The number of ether oxygens (including phenoxy) is 2. The lowest BCUT2D eigenvalue weighted by Crippen LogP contribution is -2.40. The summed E-state index contributed by atoms with van der Waals surface area (Å²) in [6, 6.07) is 16.0. The number of carbonyl (C=O) groups is 2. The van der Waals surface area contributed by atoms with Crippen molar-refractivity contribution >= 4 is 61.2 Å². The summed E-state index contributed by atoms with van der Waals surface area (Å²) in [5.74, 6) is -0.417. The molecule has 0 aliphatic carbocycles. The molecule has 196 valence electrons. The molecule has 0 saturated carbocycles. The Labute approximate surface area is 235 Å². The third kappa shape index (κ3) is 3.93. The zero-order chi connectivity index (χ0) is 27.4. The number of allylic oxidation sites excluding steroid dienone is 1. The van der Waals surface area contributed by atoms with Gasteiger partial charge in [0.2, 0.25) is 0 Å². The third-order valence-corrected chi connectivity index (χ3v) is 8.42. The quantitative estimate of drug-likeness (QED) is 0.355. The normalized spacial score (nSPS) is 17.4. The number of halogens is 1. The van der Waals surface area contributed by atoms with E-state index in [4.69, 9.17) is 9.47 Å². The fraction of sp³-hybridized carbons (Fsp3) is 0.172. The van der Waals surface area contributed by atoms with Crippen LogP contribution in [-0.2, 0) is 14.3 Å². The molecule has 2 aliphatic heterocycles. The van der Waals surface area contributed by atoms with E-state index in [0.29, 0.717) is 33.1 Å². The summed E-state index contributed by atoms with van der Waals surface area (Å²) in [5.41, 5.74) is 2.42. The number of hydrogen-bond acceptors (Lipinski definition) is 7. The van der Waals surface area contributed by atoms with E-state index in [1.807, 2.05) is 42.5 Å². The highest BCUT2D eigenvalue weighted by Gasteiger charge is 2.37. The van der Waals surface area contributed by atoms with Crippen LogP contribution in [0.5, 0.6) is 5.75 Å². The summed E-state index contributed by atoms with van der Waals surface area (Å²) < 4.78 is 13.7. The molecule has 0 saturated heterocycles. The van der Waals surface area contributed by atoms with Gasteiger partial charge in [-0.25, -0.2) is 9.79 Å². The summed E-state index contributed by atoms with van der Waals surface area (Å²) >= 11 is 4.59. The van der Waals surface area contributed by atoms with Crippen LogP contribution < -0.4 is 24.9 Å². The van der Waals surface area contributed by atoms with Gasteiger partial charge >= 0.3 is 5.97 Å². The Morgan fingerprint density at radius 1 is 1.15 bits per heavy atom. The van der Waals surface area contributed by atoms with E-state index in [0.717, 1.165) is 26.6 Å². The van der Waals surface area contributed by atoms with E-state index in [9.17, 15) is 14.4 Å². The van der Waals surface area contributed by atoms with Crippen LogP contribution in [0.25, 0.3) is 16.3 Å². The first-order valence-corrected chi connectivity index (χ1v) is 13.8. The molecule has 6 rings (SSSR count). The molecule has 4 aromatic rings. The minimum absolute atomic E-state index is 0.162. The Hall–Kier alpha value is -4.02. The molecule has 10 heteroatoms. The monoisotopic (exact) mass is 603 g/mol. The molecule has 1 amide bonds. The number of benzene rings is 3. The second-order valence-electron chi connectivity index (χ2n) is 9.04. The molecule has 39 heavy (non-hydrogen) atoms. The Morgan fingerprint density at radius 3 is 2.72 bits per heavy atom. The van der Waals surface area contributed by atoms with Crippen molar-refractivity contribution in [3.8, 4) is 5.75 Å². The lowest BCUT2D eigenvalue weighted by atomic mass is 9.90. The van der Waals surface area contributed by atoms with E-state index in [1.165, 1.54) is 4.57 Å². The van der Waals surface area contributed by atoms with Gasteiger partial charge in [0.15, 0.2) is 4.80 Å². The highest BCUT2D eigenvalue weighted by molar-refractivity contribution is 9.10. The topological polar surface area (TPSA) is 99.0 Å². The van der Waals surface area contributed by atoms with Gasteiger partial charge in [0, 0.05) is 21.3 Å². The third-order valence-electron chi connectivity index (χ3n) is 6.87. The zero-order valence-electron chi connectivity index (χ0n) is 21.2. The zero-order valence-corrected chi connectivity index (χ0v) is 23.6. The number of thiazole rings is 1. The first-order chi connectivity index (χ1) is 18.8. The van der Waals surface area contributed by atoms with Crippen molar-refractivity contribution < 1.29 is 19.1 Å². The van der Waals surface area contributed by atoms with Crippen molar-refractivity contribution in [3.05, 3.63) is 101 Å². The van der Waals surface area contributed by atoms with Gasteiger partial charge in [-0.05, 0) is 48.9 Å². The Morgan fingerprint density at radius 2 is 1.95 bits per heavy atom. The van der Waals surface area contributed by atoms with E-state index >= 15 is 0 Å². The molecule has 8 nitrogen and oxygen atoms in total. The van der Waals surface area contributed by atoms with Crippen molar-refractivity contribution in [1.82, 2.24) is 4.57 Å². The van der Waals surface area contributed by atoms with Gasteiger partial charge in [0.05, 0.1) is 30.6 Å². The highest BCUT2D eigenvalue weighted by atomic mass is 79.9. The molecule has 1 aromatic heterocycles. The number of aromatic nitrogens is 1. The maximum Gasteiger partial charge on any atom is 0.338 e. The number of anilines is 1. The number of fused-ring (bicyclic) bond motifs is 3. The molecule has 1 unspecified atom stereocenters. The number of amides is 1. The minimum atomic E-state index is -0.887. The lowest BCUT2D eigenvalue weighted by molar-refractivity contribution is -0.139. The largest absolute Gasteiger partial charge is 0.496 e. The molecule has 1 atom stereocenters. The number of nitrogens with one attached hydrogen (secondary N) is 1. The second-order valence-corrected chi connectivity index (χ2v) is 10.9. The summed E-state index contributed by atoms with van der Waals surface area (Å²) in [4.78, 5) is 45.8. The van der Waals surface area contributed by atoms with Gasteiger partial charge in [-0.1, -0.05) is 57.6 Å². The molecule has 0 fully saturated rings. The van der Waals surface area contributed by atoms with Crippen LogP contribution in [0, 0.1) is 0 Å². The fourth-order valence-corrected chi connectivity index (χ4v) is 6.72. The average Bonchev–Trinajstić information content (AvgIpc) is 3.41. The highest BCUT2D eigenvalue weighted by Crippen LogP contribution is 2.40. The van der Waals surface area contributed by atoms with Crippen LogP contribution in [0.3, 0.4) is 0 Å². The van der Waals surface area contributed by atoms with Crippen LogP contribution in [0.1, 0.15) is 31.0 Å². The van der Waals surface area contributed by atoms with Gasteiger partial charge in [-0.2, -0.15) is 0 Å². The number of hydrogen-bond donors (Lipinski definition) is 1. The van der Waals surface area contributed by atoms with Crippen molar-refractivity contribution in [3.63, 3.8) is 0 Å². The Bertz CT molecular complexity index is 1940. The van der Waals surface area contributed by atoms with Crippen molar-refractivity contribution in [2.75, 3.05) is 19.0 Å². The van der Waals surface area contributed by atoms with Gasteiger partial charge in [0.1, 0.15) is 16.3 Å². The molecule has 3 heterocycles. The predicted molar refractivity (Wildman–Crippen MR) is 153 cm³/mol. The molecular weight excluding hydrogens is 582 g/mol. The first-order valence-electron chi connectivity index (χ1n) is 12.2. The molecule has 1 N–H and O–H groups in total. The Kier molecular flexibility index (Phi) is 6.23. The molecular formula is C29H22BrN3O5S. The standard InChI is InChI=1S/C29H22BrN3O5S/c1-4-38-28(36)21-14(2)31-29-33(24(21)22-17-8-6-5-7-15(17)9-12-20(22)37-3)27(35)25(39-29)23-18-13-16(30)10-11-19(18)32-26(23)34/h5-13,24H,4H2,1-3H3,(H,32,34)/b25-23-. The SMILES string of the molecule is CCOC(=O)C1=C(C)N=c2s/c(=C3\C(=O)Nc4ccc(Br)cc43)c(=O)n2C1c1c(OC)ccc2ccccc12. The van der Waals surface area contributed by atoms with Crippen LogP contribution in [0.4, 0.5) is 5.69 Å². The number of rotatable bonds is 4. The summed E-state index contributed by atoms with van der Waals surface area (Å²) in [6.07, 6.45) is 0. The summed E-state index contributed by atoms with van der Waals surface area (Å²) in [7, 11) is 1.55. The van der Waals surface area contributed by atoms with Gasteiger partial charge in [0.25, 0.3) is 11.5 Å². The van der Waals surface area contributed by atoms with E-state index in [-0.39, 0.29) is 28.2 Å². The van der Waals surface area contributed by atoms with Crippen molar-refractivity contribution in [1.29, 1.82) is 0 Å². The van der Waals surface area contributed by atoms with Gasteiger partial charge in [-0.3, -0.25) is 14.2 Å². The molecule has 0 radical (unpaired) electrons. The van der Waals surface area contributed by atoms with E-state index in [2.05, 4.69) is 26.2 Å². The Balaban J connectivity index is 1.73. The van der Waals surface area contributed by atoms with Crippen LogP contribution in [-0.4, -0.2) is 30.2 Å². The smallest absolute Gasteiger partial charge is 0.338 e. The van der Waals surface area contributed by atoms with Crippen LogP contribution >= 0.6 is 27.3 Å². The lowest BCUT2D eigenvalue weighted by Gasteiger charge is -2.27. The number of carbonyl (C=O) groups excluding carboxylic acids is 2. The molecule has 3 aromatic carbocycles. The van der Waals surface area contributed by atoms with Gasteiger partial charge in [-0.15, -0.1) is 0 Å². The van der Waals surface area contributed by atoms with Crippen molar-refractivity contribution in [2.24, 2.45) is 4.99 Å². The van der Waals surface area contributed by atoms with Crippen molar-refractivity contribution in [2.45, 2.75) is 19.9 Å². The number of methoxy groups -OCH3 is 1. The fourth-order valence-electron chi connectivity index (χ4n) is 5.22. The second kappa shape index (κ2) is 9.62. The van der Waals surface area contributed by atoms with Gasteiger partial charge < -0.3 is 14.8 Å². The predicted octanol–water partition coefficient (Wildman–Crippen LogP) is 4.04. The average molecular weight is 604 g/mol. The maximum atomic E-state index is 14.3. The number of esters is 1. The maximum absolute atomic E-state index is 14.3. The first kappa shape index (κ1) is 25.3. The van der Waals surface area contributed by atoms with E-state index in [1.54, 1.807) is 33.1 Å². The van der Waals surface area contributed by atoms with Crippen LogP contribution in [0.15, 0.2) is 80.1 Å². The van der Waals surface area contributed by atoms with E-state index < -0.39 is 17.6 Å².